The Morgan fingerprint density at radius 2 is 1.56 bits per heavy atom. The van der Waals surface area contributed by atoms with Crippen molar-refractivity contribution in [2.45, 2.75) is 24.2 Å². The summed E-state index contributed by atoms with van der Waals surface area (Å²) in [5.74, 6) is -0.426. The average molecular weight is 512 g/mol. The molecule has 1 fully saturated rings. The highest BCUT2D eigenvalue weighted by atomic mass is 32.2. The molecule has 3 aromatic carbocycles. The van der Waals surface area contributed by atoms with Gasteiger partial charge in [0.05, 0.1) is 17.1 Å². The largest absolute Gasteiger partial charge is 0.455 e. The third-order valence-electron chi connectivity index (χ3n) is 5.71. The highest BCUT2D eigenvalue weighted by Crippen LogP contribution is 2.31. The fraction of sp³-hybridized carbons (Fsp3) is 0.231. The summed E-state index contributed by atoms with van der Waals surface area (Å²) in [5, 5.41) is 2.59. The number of halogens is 1. The Hall–Kier alpha value is -3.92. The summed E-state index contributed by atoms with van der Waals surface area (Å²) >= 11 is 0. The second kappa shape index (κ2) is 11.2. The van der Waals surface area contributed by atoms with Crippen molar-refractivity contribution in [2.75, 3.05) is 24.4 Å². The zero-order valence-corrected chi connectivity index (χ0v) is 20.3. The molecule has 0 saturated carbocycles. The van der Waals surface area contributed by atoms with Crippen LogP contribution in [0, 0.1) is 5.82 Å². The third-order valence-corrected chi connectivity index (χ3v) is 7.09. The number of carbonyl (C=O) groups excluding carboxylic acids is 2. The fourth-order valence-electron chi connectivity index (χ4n) is 3.77. The highest BCUT2D eigenvalue weighted by Gasteiger charge is 2.19. The predicted molar refractivity (Wildman–Crippen MR) is 133 cm³/mol. The molecule has 0 unspecified atom stereocenters. The van der Waals surface area contributed by atoms with E-state index in [0.717, 1.165) is 19.3 Å². The van der Waals surface area contributed by atoms with Crippen LogP contribution >= 0.6 is 0 Å². The molecule has 1 heterocycles. The van der Waals surface area contributed by atoms with E-state index in [0.29, 0.717) is 18.8 Å². The molecular weight excluding hydrogens is 485 g/mol. The van der Waals surface area contributed by atoms with E-state index in [1.807, 2.05) is 0 Å². The monoisotopic (exact) mass is 511 g/mol. The van der Waals surface area contributed by atoms with E-state index in [2.05, 4.69) is 10.0 Å². The van der Waals surface area contributed by atoms with Crippen molar-refractivity contribution in [1.29, 1.82) is 0 Å². The number of rotatable bonds is 8. The van der Waals surface area contributed by atoms with Gasteiger partial charge in [-0.2, -0.15) is 0 Å². The number of amides is 2. The molecule has 3 aromatic rings. The Morgan fingerprint density at radius 3 is 2.25 bits per heavy atom. The SMILES string of the molecule is O=C(NCC(=O)N1CCCCC1)c1ccc(S(=O)(=O)Nc2ccccc2Oc2ccc(F)cc2)cc1. The second-order valence-electron chi connectivity index (χ2n) is 8.31. The smallest absolute Gasteiger partial charge is 0.262 e. The van der Waals surface area contributed by atoms with Gasteiger partial charge in [-0.15, -0.1) is 0 Å². The lowest BCUT2D eigenvalue weighted by atomic mass is 10.1. The molecule has 0 bridgehead atoms. The molecule has 4 rings (SSSR count). The molecule has 1 saturated heterocycles. The zero-order valence-electron chi connectivity index (χ0n) is 19.4. The van der Waals surface area contributed by atoms with E-state index in [9.17, 15) is 22.4 Å². The first-order valence-electron chi connectivity index (χ1n) is 11.5. The van der Waals surface area contributed by atoms with Gasteiger partial charge in [-0.05, 0) is 79.9 Å². The number of carbonyl (C=O) groups is 2. The number of anilines is 1. The Labute approximate surface area is 209 Å². The Balaban J connectivity index is 1.40. The summed E-state index contributed by atoms with van der Waals surface area (Å²) < 4.78 is 47.3. The molecule has 10 heteroatoms. The van der Waals surface area contributed by atoms with Crippen molar-refractivity contribution in [1.82, 2.24) is 10.2 Å². The normalized spacial score (nSPS) is 13.6. The van der Waals surface area contributed by atoms with Crippen LogP contribution in [0.2, 0.25) is 0 Å². The molecule has 188 valence electrons. The molecule has 1 aliphatic rings. The molecule has 1 aliphatic heterocycles. The van der Waals surface area contributed by atoms with Crippen molar-refractivity contribution in [3.63, 3.8) is 0 Å². The van der Waals surface area contributed by atoms with E-state index in [1.54, 1.807) is 23.1 Å². The summed E-state index contributed by atoms with van der Waals surface area (Å²) in [7, 11) is -4.00. The van der Waals surface area contributed by atoms with E-state index in [1.165, 1.54) is 54.6 Å². The van der Waals surface area contributed by atoms with E-state index in [4.69, 9.17) is 4.74 Å². The number of hydrogen-bond acceptors (Lipinski definition) is 5. The summed E-state index contributed by atoms with van der Waals surface area (Å²) in [6.45, 7) is 1.30. The van der Waals surface area contributed by atoms with Crippen molar-refractivity contribution in [3.8, 4) is 11.5 Å². The lowest BCUT2D eigenvalue weighted by Crippen LogP contribution is -2.42. The number of nitrogens with zero attached hydrogens (tertiary/aromatic N) is 1. The van der Waals surface area contributed by atoms with E-state index in [-0.39, 0.29) is 34.3 Å². The fourth-order valence-corrected chi connectivity index (χ4v) is 4.84. The summed E-state index contributed by atoms with van der Waals surface area (Å²) in [6.07, 6.45) is 3.03. The summed E-state index contributed by atoms with van der Waals surface area (Å²) in [4.78, 5) is 26.4. The first-order valence-corrected chi connectivity index (χ1v) is 13.0. The molecule has 0 radical (unpaired) electrons. The van der Waals surface area contributed by atoms with Crippen molar-refractivity contribution in [2.24, 2.45) is 0 Å². The standard InChI is InChI=1S/C26H26FN3O5S/c27-20-10-12-21(13-11-20)35-24-7-3-2-6-23(24)29-36(33,34)22-14-8-19(9-15-22)26(32)28-18-25(31)30-16-4-1-5-17-30/h2-3,6-15,29H,1,4-5,16-18H2,(H,28,32). The van der Waals surface area contributed by atoms with E-state index < -0.39 is 21.7 Å². The number of sulfonamides is 1. The van der Waals surface area contributed by atoms with Crippen LogP contribution < -0.4 is 14.8 Å². The van der Waals surface area contributed by atoms with Crippen molar-refractivity contribution < 1.29 is 27.1 Å². The maximum absolute atomic E-state index is 13.2. The van der Waals surface area contributed by atoms with Gasteiger partial charge in [0.15, 0.2) is 5.75 Å². The maximum atomic E-state index is 13.2. The average Bonchev–Trinajstić information content (AvgIpc) is 2.90. The zero-order chi connectivity index (χ0) is 25.5. The van der Waals surface area contributed by atoms with Crippen LogP contribution in [-0.2, 0) is 14.8 Å². The van der Waals surface area contributed by atoms with Gasteiger partial charge in [-0.3, -0.25) is 14.3 Å². The number of para-hydroxylation sites is 2. The minimum Gasteiger partial charge on any atom is -0.455 e. The summed E-state index contributed by atoms with van der Waals surface area (Å²) in [6, 6.07) is 17.2. The third kappa shape index (κ3) is 6.39. The second-order valence-corrected chi connectivity index (χ2v) is 9.99. The first-order chi connectivity index (χ1) is 17.3. The molecule has 2 N–H and O–H groups in total. The Bertz CT molecular complexity index is 1320. The predicted octanol–water partition coefficient (Wildman–Crippen LogP) is 4.16. The topological polar surface area (TPSA) is 105 Å². The molecule has 0 atom stereocenters. The number of hydrogen-bond donors (Lipinski definition) is 2. The van der Waals surface area contributed by atoms with Gasteiger partial charge in [-0.1, -0.05) is 12.1 Å². The van der Waals surface area contributed by atoms with Crippen molar-refractivity contribution in [3.05, 3.63) is 84.2 Å². The van der Waals surface area contributed by atoms with Crippen LogP contribution in [0.25, 0.3) is 0 Å². The number of piperidine rings is 1. The minimum atomic E-state index is -4.00. The lowest BCUT2D eigenvalue weighted by molar-refractivity contribution is -0.130. The van der Waals surface area contributed by atoms with Crippen LogP contribution in [-0.4, -0.2) is 44.8 Å². The van der Waals surface area contributed by atoms with Gasteiger partial charge < -0.3 is 15.0 Å². The van der Waals surface area contributed by atoms with Crippen LogP contribution in [0.1, 0.15) is 29.6 Å². The molecule has 2 amide bonds. The first kappa shape index (κ1) is 25.2. The Morgan fingerprint density at radius 1 is 0.889 bits per heavy atom. The quantitative estimate of drug-likeness (QED) is 0.473. The minimum absolute atomic E-state index is 0.0555. The van der Waals surface area contributed by atoms with Crippen LogP contribution in [0.3, 0.4) is 0 Å². The Kier molecular flexibility index (Phi) is 7.84. The molecule has 36 heavy (non-hydrogen) atoms. The van der Waals surface area contributed by atoms with Crippen LogP contribution in [0.4, 0.5) is 10.1 Å². The van der Waals surface area contributed by atoms with Gasteiger partial charge in [0.25, 0.3) is 15.9 Å². The van der Waals surface area contributed by atoms with Gasteiger partial charge in [0.2, 0.25) is 5.91 Å². The van der Waals surface area contributed by atoms with Crippen LogP contribution in [0.5, 0.6) is 11.5 Å². The van der Waals surface area contributed by atoms with Gasteiger partial charge >= 0.3 is 0 Å². The molecule has 0 aromatic heterocycles. The van der Waals surface area contributed by atoms with Gasteiger partial charge in [0.1, 0.15) is 11.6 Å². The highest BCUT2D eigenvalue weighted by molar-refractivity contribution is 7.92. The number of ether oxygens (including phenoxy) is 1. The van der Waals surface area contributed by atoms with E-state index >= 15 is 0 Å². The molecular formula is C26H26FN3O5S. The number of nitrogens with one attached hydrogen (secondary N) is 2. The lowest BCUT2D eigenvalue weighted by Gasteiger charge is -2.26. The molecule has 0 spiro atoms. The number of benzene rings is 3. The van der Waals surface area contributed by atoms with Crippen LogP contribution in [0.15, 0.2) is 77.7 Å². The number of likely N-dealkylation sites (tertiary alicyclic amines) is 1. The molecule has 0 aliphatic carbocycles. The van der Waals surface area contributed by atoms with Crippen molar-refractivity contribution >= 4 is 27.5 Å². The van der Waals surface area contributed by atoms with Gasteiger partial charge in [-0.25, -0.2) is 12.8 Å². The maximum Gasteiger partial charge on any atom is 0.262 e. The molecule has 8 nitrogen and oxygen atoms in total. The summed E-state index contributed by atoms with van der Waals surface area (Å²) in [5.41, 5.74) is 0.431. The van der Waals surface area contributed by atoms with Gasteiger partial charge in [0, 0.05) is 18.7 Å².